The molecular weight excluding hydrogens is 275 g/mol. The van der Waals surface area contributed by atoms with Gasteiger partial charge in [-0.05, 0) is 37.6 Å². The van der Waals surface area contributed by atoms with Crippen molar-refractivity contribution in [3.05, 3.63) is 28.8 Å². The quantitative estimate of drug-likeness (QED) is 0.772. The molecule has 0 radical (unpaired) electrons. The second-order valence-electron chi connectivity index (χ2n) is 4.48. The Kier molecular flexibility index (Phi) is 3.71. The molecule has 0 unspecified atom stereocenters. The first kappa shape index (κ1) is 13.5. The highest BCUT2D eigenvalue weighted by atomic mass is 35.5. The topological polar surface area (TPSA) is 50.4 Å². The van der Waals surface area contributed by atoms with Crippen LogP contribution in [0.2, 0.25) is 5.02 Å². The van der Waals surface area contributed by atoms with Gasteiger partial charge in [0.05, 0.1) is 5.69 Å². The lowest BCUT2D eigenvalue weighted by Crippen LogP contribution is -2.49. The number of halogens is 2. The van der Waals surface area contributed by atoms with Crippen molar-refractivity contribution in [3.8, 4) is 0 Å². The molecule has 1 atom stereocenters. The lowest BCUT2D eigenvalue weighted by Gasteiger charge is -2.41. The fraction of sp³-hybridized carbons (Fsp3) is 0.417. The van der Waals surface area contributed by atoms with Crippen molar-refractivity contribution in [2.24, 2.45) is 0 Å². The molecule has 0 aromatic heterocycles. The number of amides is 1. The van der Waals surface area contributed by atoms with Gasteiger partial charge in [0.1, 0.15) is 0 Å². The maximum atomic E-state index is 11.6. The van der Waals surface area contributed by atoms with Crippen molar-refractivity contribution in [1.29, 1.82) is 0 Å². The van der Waals surface area contributed by atoms with Crippen LogP contribution in [-0.4, -0.2) is 19.2 Å². The van der Waals surface area contributed by atoms with Crippen molar-refractivity contribution < 1.29 is 9.53 Å². The molecule has 98 valence electrons. The maximum Gasteiger partial charge on any atom is 0.412 e. The molecule has 1 saturated heterocycles. The van der Waals surface area contributed by atoms with Crippen molar-refractivity contribution in [3.63, 3.8) is 0 Å². The first-order valence-corrected chi connectivity index (χ1v) is 6.08. The summed E-state index contributed by atoms with van der Waals surface area (Å²) in [4.78, 5) is 11.6. The fourth-order valence-corrected chi connectivity index (χ4v) is 2.74. The van der Waals surface area contributed by atoms with E-state index in [2.05, 4.69) is 10.6 Å². The van der Waals surface area contributed by atoms with Crippen LogP contribution in [0.25, 0.3) is 0 Å². The summed E-state index contributed by atoms with van der Waals surface area (Å²) in [6.07, 6.45) is 1.43. The van der Waals surface area contributed by atoms with E-state index in [0.717, 1.165) is 30.6 Å². The van der Waals surface area contributed by atoms with Gasteiger partial charge in [0.25, 0.3) is 0 Å². The zero-order valence-electron chi connectivity index (χ0n) is 9.66. The Morgan fingerprint density at radius 2 is 2.22 bits per heavy atom. The first-order valence-electron chi connectivity index (χ1n) is 5.70. The van der Waals surface area contributed by atoms with E-state index in [4.69, 9.17) is 16.3 Å². The third-order valence-corrected chi connectivity index (χ3v) is 3.58. The summed E-state index contributed by atoms with van der Waals surface area (Å²) in [5.74, 6) is 0. The van der Waals surface area contributed by atoms with Gasteiger partial charge < -0.3 is 10.1 Å². The third kappa shape index (κ3) is 2.16. The van der Waals surface area contributed by atoms with E-state index in [9.17, 15) is 4.79 Å². The van der Waals surface area contributed by atoms with E-state index in [0.29, 0.717) is 11.6 Å². The normalized spacial score (nSPS) is 25.7. The van der Waals surface area contributed by atoms with Gasteiger partial charge in [-0.1, -0.05) is 11.6 Å². The molecule has 0 saturated carbocycles. The van der Waals surface area contributed by atoms with Crippen LogP contribution in [0.3, 0.4) is 0 Å². The van der Waals surface area contributed by atoms with Crippen LogP contribution in [0.15, 0.2) is 18.2 Å². The van der Waals surface area contributed by atoms with Crippen LogP contribution < -0.4 is 10.6 Å². The number of hydrogen-bond acceptors (Lipinski definition) is 3. The van der Waals surface area contributed by atoms with E-state index in [1.165, 1.54) is 0 Å². The summed E-state index contributed by atoms with van der Waals surface area (Å²) in [6.45, 7) is 1.61. The highest BCUT2D eigenvalue weighted by Gasteiger charge is 2.42. The smallest absolute Gasteiger partial charge is 0.412 e. The fourth-order valence-electron chi connectivity index (χ4n) is 2.56. The highest BCUT2D eigenvalue weighted by molar-refractivity contribution is 6.30. The Balaban J connectivity index is 0.00000120. The van der Waals surface area contributed by atoms with Crippen LogP contribution in [0.5, 0.6) is 0 Å². The van der Waals surface area contributed by atoms with Gasteiger partial charge in [0.2, 0.25) is 0 Å². The standard InChI is InChI=1S/C12H13ClN2O2.ClH/c13-8-2-3-10-9(6-8)12(17-11(16)15-10)4-1-5-14-7-12;/h2-3,6,14H,1,4-5,7H2,(H,15,16);1H/t12-;/m0./s1. The number of fused-ring (bicyclic) bond motifs is 2. The largest absolute Gasteiger partial charge is 0.436 e. The number of carbonyl (C=O) groups excluding carboxylic acids is 1. The van der Waals surface area contributed by atoms with Gasteiger partial charge in [-0.25, -0.2) is 4.79 Å². The van der Waals surface area contributed by atoms with Crippen molar-refractivity contribution in [2.45, 2.75) is 18.4 Å². The maximum absolute atomic E-state index is 11.6. The Morgan fingerprint density at radius 1 is 1.39 bits per heavy atom. The van der Waals surface area contributed by atoms with Crippen LogP contribution in [0.1, 0.15) is 18.4 Å². The molecule has 0 bridgehead atoms. The molecule has 6 heteroatoms. The van der Waals surface area contributed by atoms with Crippen LogP contribution in [0.4, 0.5) is 10.5 Å². The molecule has 2 N–H and O–H groups in total. The van der Waals surface area contributed by atoms with Crippen LogP contribution in [0, 0.1) is 0 Å². The van der Waals surface area contributed by atoms with Crippen LogP contribution in [-0.2, 0) is 10.3 Å². The molecule has 1 spiro atoms. The lowest BCUT2D eigenvalue weighted by atomic mass is 9.84. The molecular formula is C12H14Cl2N2O2. The van der Waals surface area contributed by atoms with Gasteiger partial charge in [0.15, 0.2) is 5.60 Å². The van der Waals surface area contributed by atoms with Gasteiger partial charge in [-0.15, -0.1) is 12.4 Å². The number of ether oxygens (including phenoxy) is 1. The number of anilines is 1. The zero-order chi connectivity index (χ0) is 11.9. The summed E-state index contributed by atoms with van der Waals surface area (Å²) in [5, 5.41) is 6.65. The predicted molar refractivity (Wildman–Crippen MR) is 72.6 cm³/mol. The molecule has 18 heavy (non-hydrogen) atoms. The molecule has 4 nitrogen and oxygen atoms in total. The minimum absolute atomic E-state index is 0. The highest BCUT2D eigenvalue weighted by Crippen LogP contribution is 2.41. The number of carbonyl (C=O) groups is 1. The van der Waals surface area contributed by atoms with Crippen molar-refractivity contribution >= 4 is 35.8 Å². The molecule has 3 rings (SSSR count). The molecule has 2 heterocycles. The summed E-state index contributed by atoms with van der Waals surface area (Å²) in [7, 11) is 0. The van der Waals surface area contributed by atoms with E-state index in [1.54, 1.807) is 6.07 Å². The molecule has 1 aromatic carbocycles. The van der Waals surface area contributed by atoms with Gasteiger partial charge >= 0.3 is 6.09 Å². The minimum atomic E-state index is -0.555. The summed E-state index contributed by atoms with van der Waals surface area (Å²) < 4.78 is 5.53. The van der Waals surface area contributed by atoms with Crippen LogP contribution >= 0.6 is 24.0 Å². The zero-order valence-corrected chi connectivity index (χ0v) is 11.2. The second kappa shape index (κ2) is 4.96. The molecule has 0 aliphatic carbocycles. The minimum Gasteiger partial charge on any atom is -0.436 e. The van der Waals surface area contributed by atoms with E-state index in [1.807, 2.05) is 12.1 Å². The molecule has 1 fully saturated rings. The Hall–Kier alpha value is -0.970. The molecule has 2 aliphatic rings. The molecule has 2 aliphatic heterocycles. The third-order valence-electron chi connectivity index (χ3n) is 3.34. The number of piperidine rings is 1. The summed E-state index contributed by atoms with van der Waals surface area (Å²) in [6, 6.07) is 5.48. The monoisotopic (exact) mass is 288 g/mol. The lowest BCUT2D eigenvalue weighted by molar-refractivity contribution is -0.00723. The average Bonchev–Trinajstić information content (AvgIpc) is 2.31. The summed E-state index contributed by atoms with van der Waals surface area (Å²) in [5.41, 5.74) is 1.21. The van der Waals surface area contributed by atoms with Gasteiger partial charge in [-0.2, -0.15) is 0 Å². The van der Waals surface area contributed by atoms with E-state index in [-0.39, 0.29) is 18.5 Å². The van der Waals surface area contributed by atoms with E-state index < -0.39 is 5.60 Å². The first-order chi connectivity index (χ1) is 8.20. The predicted octanol–water partition coefficient (Wildman–Crippen LogP) is 2.90. The number of benzene rings is 1. The van der Waals surface area contributed by atoms with Crippen molar-refractivity contribution in [1.82, 2.24) is 5.32 Å². The Morgan fingerprint density at radius 3 is 2.94 bits per heavy atom. The van der Waals surface area contributed by atoms with Gasteiger partial charge in [0, 0.05) is 17.1 Å². The second-order valence-corrected chi connectivity index (χ2v) is 4.92. The Labute approximate surface area is 116 Å². The Bertz CT molecular complexity index is 473. The SMILES string of the molecule is Cl.O=C1Nc2ccc(Cl)cc2[C@@]2(CCCNC2)O1. The molecule has 1 aromatic rings. The number of hydrogen-bond donors (Lipinski definition) is 2. The summed E-state index contributed by atoms with van der Waals surface area (Å²) >= 11 is 6.03. The number of rotatable bonds is 0. The average molecular weight is 289 g/mol. The van der Waals surface area contributed by atoms with Crippen molar-refractivity contribution in [2.75, 3.05) is 18.4 Å². The number of nitrogens with one attached hydrogen (secondary N) is 2. The van der Waals surface area contributed by atoms with Gasteiger partial charge in [-0.3, -0.25) is 5.32 Å². The molecule has 1 amide bonds. The van der Waals surface area contributed by atoms with E-state index >= 15 is 0 Å².